The minimum Gasteiger partial charge on any atom is -0.391 e. The number of amides is 11. The van der Waals surface area contributed by atoms with E-state index in [2.05, 4.69) is 70.4 Å². The molecule has 31 nitrogen and oxygen atoms in total. The summed E-state index contributed by atoms with van der Waals surface area (Å²) >= 11 is 0. The van der Waals surface area contributed by atoms with Crippen LogP contribution < -0.4 is 92.9 Å². The van der Waals surface area contributed by atoms with Crippen LogP contribution in [0.1, 0.15) is 130 Å². The third-order valence-corrected chi connectivity index (χ3v) is 14.2. The van der Waals surface area contributed by atoms with Crippen molar-refractivity contribution >= 4 is 70.9 Å². The molecule has 496 valence electrons. The normalized spacial score (nSPS) is 22.0. The van der Waals surface area contributed by atoms with E-state index in [-0.39, 0.29) is 102 Å². The summed E-state index contributed by atoms with van der Waals surface area (Å²) in [4.78, 5) is 159. The molecule has 25 N–H and O–H groups in total. The maximum atomic E-state index is 14.6. The summed E-state index contributed by atoms with van der Waals surface area (Å²) in [5.41, 5.74) is 35.1. The number of unbranched alkanes of at least 4 members (excludes halogenated alkanes) is 4. The van der Waals surface area contributed by atoms with Crippen LogP contribution in [-0.4, -0.2) is 193 Å². The van der Waals surface area contributed by atoms with Crippen molar-refractivity contribution in [3.8, 4) is 0 Å². The second-order valence-corrected chi connectivity index (χ2v) is 22.3. The molecule has 0 unspecified atom stereocenters. The first-order chi connectivity index (χ1) is 41.8. The number of nitrogens with zero attached hydrogens (tertiary/aromatic N) is 1. The lowest BCUT2D eigenvalue weighted by Crippen LogP contribution is -2.62. The van der Waals surface area contributed by atoms with Crippen molar-refractivity contribution in [2.75, 3.05) is 39.3 Å². The van der Waals surface area contributed by atoms with Crippen molar-refractivity contribution in [1.29, 1.82) is 0 Å². The van der Waals surface area contributed by atoms with Gasteiger partial charge in [-0.05, 0) is 109 Å². The molecular weight excluding hydrogens is 1140 g/mol. The van der Waals surface area contributed by atoms with E-state index in [9.17, 15) is 63.0 Å². The van der Waals surface area contributed by atoms with Crippen LogP contribution in [0.15, 0.2) is 35.3 Å². The van der Waals surface area contributed by atoms with E-state index in [0.717, 1.165) is 25.7 Å². The molecule has 0 bridgehead atoms. The van der Waals surface area contributed by atoms with Crippen molar-refractivity contribution < 1.29 is 63.0 Å². The molecule has 1 aliphatic rings. The molecule has 0 aromatic heterocycles. The molecule has 1 fully saturated rings. The SMILES string of the molecule is CCCCCCCC(=O)N[C@@H](CCCN=C(N)N)C(=O)N[C@H](C(=O)N[C@@H](CCN)C(=O)N[C@H]1CCNC(=O)[C@H]([C@@H](C)O)NC(=O)[C@H](CCN)NC(=O)[C@H](CCN)NC(=O)[C@H](CC(C)C)NC(=O)[C@@H](Cc2ccccc2)NC(=O)[C@H](CCN)NC1=O)[C@@H](C)O. The van der Waals surface area contributed by atoms with Gasteiger partial charge in [0.05, 0.1) is 12.2 Å². The number of hydrogen-bond acceptors (Lipinski definition) is 18. The van der Waals surface area contributed by atoms with E-state index < -0.39 is 151 Å². The first kappa shape index (κ1) is 76.5. The van der Waals surface area contributed by atoms with Gasteiger partial charge >= 0.3 is 0 Å². The van der Waals surface area contributed by atoms with Crippen molar-refractivity contribution in [3.05, 3.63) is 35.9 Å². The van der Waals surface area contributed by atoms with E-state index in [1.165, 1.54) is 13.8 Å². The molecule has 0 aliphatic carbocycles. The Kier molecular flexibility index (Phi) is 36.1. The summed E-state index contributed by atoms with van der Waals surface area (Å²) in [6.45, 7) is 6.94. The molecule has 11 amide bonds. The van der Waals surface area contributed by atoms with Crippen molar-refractivity contribution in [2.45, 2.75) is 204 Å². The van der Waals surface area contributed by atoms with Crippen LogP contribution in [0, 0.1) is 5.92 Å². The molecule has 1 saturated heterocycles. The highest BCUT2D eigenvalue weighted by Crippen LogP contribution is 2.12. The van der Waals surface area contributed by atoms with Gasteiger partial charge in [0.2, 0.25) is 65.0 Å². The molecule has 1 heterocycles. The number of aliphatic imine (C=N–C) groups is 1. The minimum absolute atomic E-state index is 0.0241. The number of carbonyl (C=O) groups excluding carboxylic acids is 11. The van der Waals surface area contributed by atoms with Gasteiger partial charge in [-0.1, -0.05) is 76.8 Å². The largest absolute Gasteiger partial charge is 0.391 e. The molecule has 1 aliphatic heterocycles. The Balaban J connectivity index is 2.70. The van der Waals surface area contributed by atoms with Crippen LogP contribution in [-0.2, 0) is 59.2 Å². The fourth-order valence-electron chi connectivity index (χ4n) is 9.36. The standard InChI is InChI=1S/C57H100N18O13/c1-6-7-8-9-13-18-44(78)66-36(17-14-28-65-57(62)63)51(83)75-46(34(5)77)56(88)71-39(21-26-60)48(80)70-41-23-29-64-55(87)45(33(4)76)74-52(84)40(22-27-61)68-47(79)37(19-24-58)69-53(85)42(30-32(2)3)72-54(86)43(31-35-15-11-10-12-16-35)73-49(81)38(20-25-59)67-50(41)82/h10-12,15-16,32-34,36-43,45-46,76-77H,6-9,13-14,17-31,58-61H2,1-5H3,(H,64,87)(H,66,78)(H,67,82)(H,68,79)(H,69,85)(H,70,80)(H,71,88)(H,72,86)(H,73,81)(H,74,84)(H,75,83)(H4,62,63,65)/t33-,34-,36+,37+,38+,39+,40+,41+,42+,43-,45+,46+/m1/s1. The molecule has 1 aromatic carbocycles. The summed E-state index contributed by atoms with van der Waals surface area (Å²) in [5.74, 6) is -10.2. The van der Waals surface area contributed by atoms with Crippen LogP contribution in [0.2, 0.25) is 0 Å². The van der Waals surface area contributed by atoms with Gasteiger partial charge < -0.3 is 103 Å². The number of hydrogen-bond donors (Lipinski definition) is 19. The summed E-state index contributed by atoms with van der Waals surface area (Å²) in [6.07, 6.45) is 0.0816. The average Bonchev–Trinajstić information content (AvgIpc) is 3.57. The van der Waals surface area contributed by atoms with Gasteiger partial charge in [-0.25, -0.2) is 0 Å². The fraction of sp³-hybridized carbons (Fsp3) is 0.684. The Bertz CT molecular complexity index is 2430. The Labute approximate surface area is 514 Å². The first-order valence-electron chi connectivity index (χ1n) is 30.4. The lowest BCUT2D eigenvalue weighted by atomic mass is 10.00. The zero-order chi connectivity index (χ0) is 65.9. The van der Waals surface area contributed by atoms with E-state index in [4.69, 9.17) is 34.4 Å². The highest BCUT2D eigenvalue weighted by atomic mass is 16.3. The number of guanidine groups is 1. The molecule has 12 atom stereocenters. The van der Waals surface area contributed by atoms with Crippen LogP contribution in [0.3, 0.4) is 0 Å². The number of rotatable bonds is 31. The van der Waals surface area contributed by atoms with Gasteiger partial charge in [0.15, 0.2) is 5.96 Å². The Hall–Kier alpha value is -7.58. The zero-order valence-corrected chi connectivity index (χ0v) is 51.5. The van der Waals surface area contributed by atoms with Gasteiger partial charge in [0, 0.05) is 25.9 Å². The third kappa shape index (κ3) is 28.5. The van der Waals surface area contributed by atoms with Crippen LogP contribution in [0.4, 0.5) is 0 Å². The topological polar surface area (TPSA) is 529 Å². The number of nitrogens with two attached hydrogens (primary N) is 6. The number of nitrogens with one attached hydrogen (secondary N) is 11. The molecular formula is C57H100N18O13. The highest BCUT2D eigenvalue weighted by molar-refractivity contribution is 5.99. The zero-order valence-electron chi connectivity index (χ0n) is 51.5. The Morgan fingerprint density at radius 3 is 1.65 bits per heavy atom. The third-order valence-electron chi connectivity index (χ3n) is 14.2. The maximum absolute atomic E-state index is 14.6. The minimum atomic E-state index is -1.73. The lowest BCUT2D eigenvalue weighted by Gasteiger charge is -2.29. The second kappa shape index (κ2) is 41.5. The predicted octanol–water partition coefficient (Wildman–Crippen LogP) is -5.79. The first-order valence-corrected chi connectivity index (χ1v) is 30.4. The molecule has 2 rings (SSSR count). The predicted molar refractivity (Wildman–Crippen MR) is 328 cm³/mol. The summed E-state index contributed by atoms with van der Waals surface area (Å²) < 4.78 is 0. The maximum Gasteiger partial charge on any atom is 0.245 e. The Morgan fingerprint density at radius 1 is 0.591 bits per heavy atom. The van der Waals surface area contributed by atoms with Crippen molar-refractivity contribution in [2.24, 2.45) is 45.3 Å². The number of carbonyl (C=O) groups is 11. The highest BCUT2D eigenvalue weighted by Gasteiger charge is 2.37. The molecule has 0 radical (unpaired) electrons. The van der Waals surface area contributed by atoms with Crippen LogP contribution in [0.25, 0.3) is 0 Å². The van der Waals surface area contributed by atoms with Crippen molar-refractivity contribution in [3.63, 3.8) is 0 Å². The number of aliphatic hydroxyl groups is 2. The van der Waals surface area contributed by atoms with E-state index in [0.29, 0.717) is 12.0 Å². The smallest absolute Gasteiger partial charge is 0.245 e. The average molecular weight is 1250 g/mol. The molecule has 31 heteroatoms. The van der Waals surface area contributed by atoms with Gasteiger partial charge in [-0.2, -0.15) is 0 Å². The van der Waals surface area contributed by atoms with E-state index in [1.807, 2.05) is 0 Å². The van der Waals surface area contributed by atoms with E-state index in [1.54, 1.807) is 44.2 Å². The molecule has 0 saturated carbocycles. The van der Waals surface area contributed by atoms with Gasteiger partial charge in [-0.3, -0.25) is 57.7 Å². The molecule has 0 spiro atoms. The number of benzene rings is 1. The second-order valence-electron chi connectivity index (χ2n) is 22.3. The van der Waals surface area contributed by atoms with Gasteiger partial charge in [0.25, 0.3) is 0 Å². The number of aliphatic hydroxyl groups excluding tert-OH is 2. The van der Waals surface area contributed by atoms with Crippen LogP contribution >= 0.6 is 0 Å². The Morgan fingerprint density at radius 2 is 1.11 bits per heavy atom. The summed E-state index contributed by atoms with van der Waals surface area (Å²) in [7, 11) is 0. The fourth-order valence-corrected chi connectivity index (χ4v) is 9.36. The quantitative estimate of drug-likeness (QED) is 0.0187. The monoisotopic (exact) mass is 1240 g/mol. The lowest BCUT2D eigenvalue weighted by molar-refractivity contribution is -0.137. The van der Waals surface area contributed by atoms with Gasteiger partial charge in [0.1, 0.15) is 60.4 Å². The molecule has 88 heavy (non-hydrogen) atoms. The van der Waals surface area contributed by atoms with Gasteiger partial charge in [-0.15, -0.1) is 0 Å². The van der Waals surface area contributed by atoms with Crippen LogP contribution in [0.5, 0.6) is 0 Å². The summed E-state index contributed by atoms with van der Waals surface area (Å²) in [6, 6.07) is -6.38. The summed E-state index contributed by atoms with van der Waals surface area (Å²) in [5, 5.41) is 49.9. The molecule has 1 aromatic rings. The van der Waals surface area contributed by atoms with Crippen molar-refractivity contribution in [1.82, 2.24) is 58.5 Å². The van der Waals surface area contributed by atoms with E-state index >= 15 is 0 Å².